The highest BCUT2D eigenvalue weighted by molar-refractivity contribution is 6.16. The van der Waals surface area contributed by atoms with Gasteiger partial charge >= 0.3 is 0 Å². The second-order valence-corrected chi connectivity index (χ2v) is 5.11. The minimum Gasteiger partial charge on any atom is -0.365 e. The van der Waals surface area contributed by atoms with Gasteiger partial charge in [-0.25, -0.2) is 0 Å². The molecule has 1 aromatic heterocycles. The minimum absolute atomic E-state index is 0.422. The molecule has 100 valence electrons. The third kappa shape index (κ3) is 3.71. The summed E-state index contributed by atoms with van der Waals surface area (Å²) in [5.41, 5.74) is 3.39. The number of pyridine rings is 1. The molecule has 0 aliphatic heterocycles. The summed E-state index contributed by atoms with van der Waals surface area (Å²) in [6.45, 7) is 5.29. The van der Waals surface area contributed by atoms with Gasteiger partial charge in [-0.2, -0.15) is 0 Å². The van der Waals surface area contributed by atoms with Crippen LogP contribution in [-0.2, 0) is 12.4 Å². The lowest BCUT2D eigenvalue weighted by atomic mass is 10.1. The maximum atomic E-state index is 5.86. The third-order valence-corrected chi connectivity index (χ3v) is 3.36. The molecule has 0 saturated heterocycles. The van der Waals surface area contributed by atoms with Crippen molar-refractivity contribution in [1.82, 2.24) is 4.98 Å². The Balaban J connectivity index is 2.24. The highest BCUT2D eigenvalue weighted by atomic mass is 35.5. The Morgan fingerprint density at radius 1 is 1.16 bits per heavy atom. The molecule has 0 fully saturated rings. The van der Waals surface area contributed by atoms with Gasteiger partial charge in [0.2, 0.25) is 0 Å². The SMILES string of the molecule is CC(C)N(Cc1ccccc1)c1ccnc(CCl)c1. The fourth-order valence-electron chi connectivity index (χ4n) is 2.07. The van der Waals surface area contributed by atoms with E-state index >= 15 is 0 Å². The first-order valence-corrected chi connectivity index (χ1v) is 7.05. The van der Waals surface area contributed by atoms with Gasteiger partial charge in [0, 0.05) is 24.5 Å². The quantitative estimate of drug-likeness (QED) is 0.759. The molecule has 2 rings (SSSR count). The summed E-state index contributed by atoms with van der Waals surface area (Å²) in [7, 11) is 0. The van der Waals surface area contributed by atoms with Crippen molar-refractivity contribution in [2.24, 2.45) is 0 Å². The topological polar surface area (TPSA) is 16.1 Å². The van der Waals surface area contributed by atoms with Gasteiger partial charge in [-0.3, -0.25) is 4.98 Å². The molecule has 3 heteroatoms. The van der Waals surface area contributed by atoms with E-state index in [0.717, 1.165) is 12.2 Å². The van der Waals surface area contributed by atoms with E-state index in [1.807, 2.05) is 18.3 Å². The van der Waals surface area contributed by atoms with Gasteiger partial charge in [0.15, 0.2) is 0 Å². The lowest BCUT2D eigenvalue weighted by Crippen LogP contribution is -2.30. The number of rotatable bonds is 5. The van der Waals surface area contributed by atoms with Gasteiger partial charge in [-0.15, -0.1) is 11.6 Å². The molecular weight excluding hydrogens is 256 g/mol. The normalized spacial score (nSPS) is 10.7. The Morgan fingerprint density at radius 2 is 1.89 bits per heavy atom. The highest BCUT2D eigenvalue weighted by Crippen LogP contribution is 2.21. The number of hydrogen-bond donors (Lipinski definition) is 0. The van der Waals surface area contributed by atoms with E-state index in [1.54, 1.807) is 0 Å². The van der Waals surface area contributed by atoms with Crippen LogP contribution in [0.1, 0.15) is 25.1 Å². The van der Waals surface area contributed by atoms with Crippen molar-refractivity contribution >= 4 is 17.3 Å². The lowest BCUT2D eigenvalue weighted by Gasteiger charge is -2.29. The first-order chi connectivity index (χ1) is 9.20. The average Bonchev–Trinajstić information content (AvgIpc) is 2.45. The predicted octanol–water partition coefficient (Wildman–Crippen LogP) is 4.24. The molecule has 0 aliphatic rings. The molecule has 0 saturated carbocycles. The Labute approximate surface area is 120 Å². The van der Waals surface area contributed by atoms with E-state index in [2.05, 4.69) is 54.1 Å². The summed E-state index contributed by atoms with van der Waals surface area (Å²) < 4.78 is 0. The average molecular weight is 275 g/mol. The zero-order valence-electron chi connectivity index (χ0n) is 11.4. The van der Waals surface area contributed by atoms with E-state index < -0.39 is 0 Å². The van der Waals surface area contributed by atoms with E-state index in [4.69, 9.17) is 11.6 Å². The van der Waals surface area contributed by atoms with Crippen molar-refractivity contribution in [2.75, 3.05) is 4.90 Å². The molecule has 0 N–H and O–H groups in total. The first kappa shape index (κ1) is 13.9. The fraction of sp³-hybridized carbons (Fsp3) is 0.312. The van der Waals surface area contributed by atoms with Crippen molar-refractivity contribution in [2.45, 2.75) is 32.3 Å². The Kier molecular flexibility index (Phi) is 4.80. The number of aromatic nitrogens is 1. The zero-order valence-corrected chi connectivity index (χ0v) is 12.1. The Hall–Kier alpha value is -1.54. The lowest BCUT2D eigenvalue weighted by molar-refractivity contribution is 0.681. The van der Waals surface area contributed by atoms with E-state index in [9.17, 15) is 0 Å². The molecule has 2 aromatic rings. The van der Waals surface area contributed by atoms with Gasteiger partial charge in [0.25, 0.3) is 0 Å². The molecule has 0 radical (unpaired) electrons. The van der Waals surface area contributed by atoms with E-state index in [1.165, 1.54) is 11.3 Å². The monoisotopic (exact) mass is 274 g/mol. The minimum atomic E-state index is 0.422. The Morgan fingerprint density at radius 3 is 2.53 bits per heavy atom. The van der Waals surface area contributed by atoms with Crippen LogP contribution in [0.3, 0.4) is 0 Å². The van der Waals surface area contributed by atoms with Crippen molar-refractivity contribution in [3.63, 3.8) is 0 Å². The molecule has 0 atom stereocenters. The van der Waals surface area contributed by atoms with Gasteiger partial charge in [0.1, 0.15) is 0 Å². The van der Waals surface area contributed by atoms with Gasteiger partial charge in [-0.1, -0.05) is 30.3 Å². The van der Waals surface area contributed by atoms with Gasteiger partial charge in [-0.05, 0) is 31.5 Å². The molecule has 19 heavy (non-hydrogen) atoms. The van der Waals surface area contributed by atoms with Crippen molar-refractivity contribution in [1.29, 1.82) is 0 Å². The molecule has 0 bridgehead atoms. The summed E-state index contributed by atoms with van der Waals surface area (Å²) in [6, 6.07) is 15.0. The van der Waals surface area contributed by atoms with Gasteiger partial charge in [0.05, 0.1) is 11.6 Å². The van der Waals surface area contributed by atoms with Crippen LogP contribution in [0.5, 0.6) is 0 Å². The summed E-state index contributed by atoms with van der Waals surface area (Å²) in [6.07, 6.45) is 1.83. The third-order valence-electron chi connectivity index (χ3n) is 3.09. The summed E-state index contributed by atoms with van der Waals surface area (Å²) in [4.78, 5) is 6.60. The van der Waals surface area contributed by atoms with Gasteiger partial charge < -0.3 is 4.90 Å². The standard InChI is InChI=1S/C16H19ClN2/c1-13(2)19(12-14-6-4-3-5-7-14)16-8-9-18-15(10-16)11-17/h3-10,13H,11-12H2,1-2H3. The Bertz CT molecular complexity index is 511. The van der Waals surface area contributed by atoms with Crippen LogP contribution in [0.25, 0.3) is 0 Å². The van der Waals surface area contributed by atoms with E-state index in [-0.39, 0.29) is 0 Å². The second-order valence-electron chi connectivity index (χ2n) is 4.85. The smallest absolute Gasteiger partial charge is 0.0648 e. The van der Waals surface area contributed by atoms with Crippen LogP contribution >= 0.6 is 11.6 Å². The second kappa shape index (κ2) is 6.58. The van der Waals surface area contributed by atoms with Crippen molar-refractivity contribution < 1.29 is 0 Å². The summed E-state index contributed by atoms with van der Waals surface area (Å²) >= 11 is 5.86. The maximum absolute atomic E-state index is 5.86. The molecule has 0 spiro atoms. The number of hydrogen-bond acceptors (Lipinski definition) is 2. The van der Waals surface area contributed by atoms with Crippen LogP contribution in [0.4, 0.5) is 5.69 Å². The predicted molar refractivity (Wildman–Crippen MR) is 81.6 cm³/mol. The van der Waals surface area contributed by atoms with Crippen LogP contribution in [0.2, 0.25) is 0 Å². The fourth-order valence-corrected chi connectivity index (χ4v) is 2.22. The van der Waals surface area contributed by atoms with Crippen molar-refractivity contribution in [3.8, 4) is 0 Å². The van der Waals surface area contributed by atoms with Crippen LogP contribution in [0.15, 0.2) is 48.7 Å². The molecular formula is C16H19ClN2. The first-order valence-electron chi connectivity index (χ1n) is 6.52. The number of halogens is 1. The maximum Gasteiger partial charge on any atom is 0.0648 e. The molecule has 0 amide bonds. The zero-order chi connectivity index (χ0) is 13.7. The molecule has 1 aromatic carbocycles. The number of anilines is 1. The van der Waals surface area contributed by atoms with Crippen molar-refractivity contribution in [3.05, 3.63) is 59.9 Å². The number of alkyl halides is 1. The number of benzene rings is 1. The van der Waals surface area contributed by atoms with E-state index in [0.29, 0.717) is 11.9 Å². The summed E-state index contributed by atoms with van der Waals surface area (Å²) in [5.74, 6) is 0.450. The highest BCUT2D eigenvalue weighted by Gasteiger charge is 2.11. The molecule has 2 nitrogen and oxygen atoms in total. The van der Waals surface area contributed by atoms with Crippen LogP contribution < -0.4 is 4.90 Å². The molecule has 1 heterocycles. The number of nitrogens with zero attached hydrogens (tertiary/aromatic N) is 2. The van der Waals surface area contributed by atoms with Crippen LogP contribution in [-0.4, -0.2) is 11.0 Å². The molecule has 0 aliphatic carbocycles. The van der Waals surface area contributed by atoms with Crippen LogP contribution in [0, 0.1) is 0 Å². The largest absolute Gasteiger partial charge is 0.365 e. The molecule has 0 unspecified atom stereocenters. The summed E-state index contributed by atoms with van der Waals surface area (Å²) in [5, 5.41) is 0.